The van der Waals surface area contributed by atoms with E-state index in [1.165, 1.54) is 5.56 Å². The first kappa shape index (κ1) is 24.9. The third kappa shape index (κ3) is 5.08. The molecular formula is C29H33N5O3. The summed E-state index contributed by atoms with van der Waals surface area (Å²) in [5, 5.41) is 24.7. The van der Waals surface area contributed by atoms with Gasteiger partial charge in [0, 0.05) is 25.2 Å². The van der Waals surface area contributed by atoms with Gasteiger partial charge in [-0.05, 0) is 67.2 Å². The second kappa shape index (κ2) is 10.3. The summed E-state index contributed by atoms with van der Waals surface area (Å²) in [6.45, 7) is 4.02. The quantitative estimate of drug-likeness (QED) is 0.437. The van der Waals surface area contributed by atoms with E-state index in [4.69, 9.17) is 10.00 Å². The number of nitriles is 1. The molecule has 1 fully saturated rings. The van der Waals surface area contributed by atoms with Crippen molar-refractivity contribution in [3.63, 3.8) is 0 Å². The summed E-state index contributed by atoms with van der Waals surface area (Å²) in [6, 6.07) is 8.53. The lowest BCUT2D eigenvalue weighted by Crippen LogP contribution is -2.46. The standard InChI is InChI=1S/C29H33N5O3/c1-3-21-14-20(8-9-22(21)11-13-30)10-12-29(23-6-4-5-7-23)16-25(35)24(27(36)37-29)15-26-32-28-31-17-19(2)18-34(28)33-26/h8-9,14,17-18,23,35H,3-7,10-12,15-16H2,1-2H3. The molecule has 8 nitrogen and oxygen atoms in total. The Kier molecular flexibility index (Phi) is 6.96. The monoisotopic (exact) mass is 499 g/mol. The molecule has 3 heterocycles. The Hall–Kier alpha value is -3.73. The molecule has 1 atom stereocenters. The zero-order chi connectivity index (χ0) is 26.0. The van der Waals surface area contributed by atoms with Gasteiger partial charge in [-0.15, -0.1) is 5.10 Å². The van der Waals surface area contributed by atoms with Crippen LogP contribution in [0.2, 0.25) is 0 Å². The van der Waals surface area contributed by atoms with E-state index in [0.29, 0.717) is 30.9 Å². The summed E-state index contributed by atoms with van der Waals surface area (Å²) in [7, 11) is 0. The van der Waals surface area contributed by atoms with Gasteiger partial charge in [-0.3, -0.25) is 0 Å². The van der Waals surface area contributed by atoms with Crippen LogP contribution in [0.1, 0.15) is 73.5 Å². The van der Waals surface area contributed by atoms with Crippen LogP contribution >= 0.6 is 0 Å². The molecule has 1 unspecified atom stereocenters. The normalized spacial score (nSPS) is 20.4. The lowest BCUT2D eigenvalue weighted by molar-refractivity contribution is -0.167. The third-order valence-corrected chi connectivity index (χ3v) is 7.92. The first-order chi connectivity index (χ1) is 17.9. The van der Waals surface area contributed by atoms with E-state index < -0.39 is 11.6 Å². The predicted molar refractivity (Wildman–Crippen MR) is 138 cm³/mol. The molecule has 3 aromatic rings. The topological polar surface area (TPSA) is 113 Å². The molecule has 1 aliphatic carbocycles. The van der Waals surface area contributed by atoms with E-state index in [2.05, 4.69) is 40.2 Å². The van der Waals surface area contributed by atoms with Crippen LogP contribution in [-0.2, 0) is 35.2 Å². The molecule has 1 N–H and O–H groups in total. The van der Waals surface area contributed by atoms with Gasteiger partial charge in [-0.1, -0.05) is 38.0 Å². The molecule has 37 heavy (non-hydrogen) atoms. The summed E-state index contributed by atoms with van der Waals surface area (Å²) < 4.78 is 7.86. The number of aliphatic hydroxyl groups excluding tert-OH is 1. The molecule has 1 aliphatic heterocycles. The number of nitrogens with zero attached hydrogens (tertiary/aromatic N) is 5. The maximum absolute atomic E-state index is 13.3. The fourth-order valence-corrected chi connectivity index (χ4v) is 5.92. The van der Waals surface area contributed by atoms with E-state index >= 15 is 0 Å². The number of carbonyl (C=O) groups excluding carboxylic acids is 1. The zero-order valence-corrected chi connectivity index (χ0v) is 21.5. The highest BCUT2D eigenvalue weighted by Gasteiger charge is 2.48. The summed E-state index contributed by atoms with van der Waals surface area (Å²) in [5.74, 6) is 0.720. The fraction of sp³-hybridized carbons (Fsp3) is 0.483. The Morgan fingerprint density at radius 1 is 1.27 bits per heavy atom. The molecular weight excluding hydrogens is 466 g/mol. The number of fused-ring (bicyclic) bond motifs is 1. The molecule has 192 valence electrons. The SMILES string of the molecule is CCc1cc(CCC2(C3CCCC3)CC(O)=C(Cc3nc4ncc(C)cn4n3)C(=O)O2)ccc1CC#N. The van der Waals surface area contributed by atoms with Gasteiger partial charge in [0.2, 0.25) is 0 Å². The van der Waals surface area contributed by atoms with Crippen molar-refractivity contribution < 1.29 is 14.6 Å². The smallest absolute Gasteiger partial charge is 0.338 e. The number of cyclic esters (lactones) is 1. The summed E-state index contributed by atoms with van der Waals surface area (Å²) in [6.07, 6.45) is 10.9. The second-order valence-electron chi connectivity index (χ2n) is 10.4. The number of aliphatic hydroxyl groups is 1. The van der Waals surface area contributed by atoms with Crippen LogP contribution in [0, 0.1) is 24.2 Å². The van der Waals surface area contributed by atoms with E-state index in [1.54, 1.807) is 10.7 Å². The Balaban J connectivity index is 1.38. The molecule has 0 bridgehead atoms. The highest BCUT2D eigenvalue weighted by atomic mass is 16.6. The number of carbonyl (C=O) groups is 1. The minimum atomic E-state index is -0.718. The van der Waals surface area contributed by atoms with Crippen LogP contribution in [-0.4, -0.2) is 36.3 Å². The Morgan fingerprint density at radius 3 is 2.81 bits per heavy atom. The minimum absolute atomic E-state index is 0.0877. The van der Waals surface area contributed by atoms with Crippen molar-refractivity contribution in [1.82, 2.24) is 19.6 Å². The highest BCUT2D eigenvalue weighted by molar-refractivity contribution is 5.90. The first-order valence-electron chi connectivity index (χ1n) is 13.2. The number of esters is 1. The summed E-state index contributed by atoms with van der Waals surface area (Å²) in [5.41, 5.74) is 3.89. The average molecular weight is 500 g/mol. The van der Waals surface area contributed by atoms with Gasteiger partial charge in [-0.25, -0.2) is 14.3 Å². The van der Waals surface area contributed by atoms with Gasteiger partial charge in [0.1, 0.15) is 11.4 Å². The van der Waals surface area contributed by atoms with Crippen LogP contribution < -0.4 is 0 Å². The van der Waals surface area contributed by atoms with E-state index in [0.717, 1.165) is 55.2 Å². The van der Waals surface area contributed by atoms with Gasteiger partial charge in [0.15, 0.2) is 5.82 Å². The van der Waals surface area contributed by atoms with Crippen molar-refractivity contribution in [3.05, 3.63) is 70.0 Å². The zero-order valence-electron chi connectivity index (χ0n) is 21.5. The van der Waals surface area contributed by atoms with Crippen molar-refractivity contribution in [2.75, 3.05) is 0 Å². The molecule has 2 aliphatic rings. The number of benzene rings is 1. The molecule has 1 saturated carbocycles. The van der Waals surface area contributed by atoms with Crippen LogP contribution in [0.4, 0.5) is 0 Å². The number of ether oxygens (including phenoxy) is 1. The van der Waals surface area contributed by atoms with Gasteiger partial charge in [-0.2, -0.15) is 10.2 Å². The lowest BCUT2D eigenvalue weighted by Gasteiger charge is -2.41. The van der Waals surface area contributed by atoms with Gasteiger partial charge in [0.05, 0.1) is 18.1 Å². The van der Waals surface area contributed by atoms with Gasteiger partial charge in [0.25, 0.3) is 5.78 Å². The first-order valence-corrected chi connectivity index (χ1v) is 13.2. The molecule has 1 aromatic carbocycles. The maximum atomic E-state index is 13.3. The van der Waals surface area contributed by atoms with Crippen molar-refractivity contribution in [3.8, 4) is 6.07 Å². The molecule has 0 spiro atoms. The number of rotatable bonds is 8. The van der Waals surface area contributed by atoms with Crippen LogP contribution in [0.15, 0.2) is 41.9 Å². The number of hydrogen-bond donors (Lipinski definition) is 1. The van der Waals surface area contributed by atoms with Gasteiger partial charge < -0.3 is 9.84 Å². The molecule has 0 saturated heterocycles. The number of aryl methyl sites for hydroxylation is 3. The van der Waals surface area contributed by atoms with E-state index in [9.17, 15) is 9.90 Å². The van der Waals surface area contributed by atoms with Crippen LogP contribution in [0.5, 0.6) is 0 Å². The summed E-state index contributed by atoms with van der Waals surface area (Å²) in [4.78, 5) is 22.0. The predicted octanol–water partition coefficient (Wildman–Crippen LogP) is 4.92. The number of hydrogen-bond acceptors (Lipinski definition) is 7. The van der Waals surface area contributed by atoms with E-state index in [1.807, 2.05) is 19.2 Å². The van der Waals surface area contributed by atoms with Crippen molar-refractivity contribution in [1.29, 1.82) is 5.26 Å². The fourth-order valence-electron chi connectivity index (χ4n) is 5.92. The molecule has 5 rings (SSSR count). The van der Waals surface area contributed by atoms with Crippen molar-refractivity contribution in [2.24, 2.45) is 5.92 Å². The van der Waals surface area contributed by atoms with Crippen molar-refractivity contribution in [2.45, 2.75) is 83.7 Å². The number of aromatic nitrogens is 4. The lowest BCUT2D eigenvalue weighted by atomic mass is 9.76. The minimum Gasteiger partial charge on any atom is -0.512 e. The van der Waals surface area contributed by atoms with E-state index in [-0.39, 0.29) is 23.7 Å². The average Bonchev–Trinajstić information content (AvgIpc) is 3.56. The molecule has 0 amide bonds. The maximum Gasteiger partial charge on any atom is 0.338 e. The van der Waals surface area contributed by atoms with Crippen LogP contribution in [0.3, 0.4) is 0 Å². The Morgan fingerprint density at radius 2 is 2.08 bits per heavy atom. The summed E-state index contributed by atoms with van der Waals surface area (Å²) >= 11 is 0. The van der Waals surface area contributed by atoms with Gasteiger partial charge >= 0.3 is 5.97 Å². The second-order valence-corrected chi connectivity index (χ2v) is 10.4. The molecule has 8 heteroatoms. The largest absolute Gasteiger partial charge is 0.512 e. The molecule has 2 aromatic heterocycles. The Bertz CT molecular complexity index is 1400. The highest BCUT2D eigenvalue weighted by Crippen LogP contribution is 2.46. The Labute approximate surface area is 217 Å². The third-order valence-electron chi connectivity index (χ3n) is 7.92. The van der Waals surface area contributed by atoms with Crippen LogP contribution in [0.25, 0.3) is 5.78 Å². The van der Waals surface area contributed by atoms with Crippen molar-refractivity contribution >= 4 is 11.7 Å². The molecule has 0 radical (unpaired) electrons.